The molecule has 1 aliphatic carbocycles. The number of nitrogens with one attached hydrogen (secondary N) is 2. The van der Waals surface area contributed by atoms with E-state index >= 15 is 0 Å². The van der Waals surface area contributed by atoms with Crippen LogP contribution in [0.2, 0.25) is 5.02 Å². The summed E-state index contributed by atoms with van der Waals surface area (Å²) in [6.45, 7) is 5.70. The van der Waals surface area contributed by atoms with Crippen LogP contribution in [0.5, 0.6) is 0 Å². The van der Waals surface area contributed by atoms with Gasteiger partial charge in [-0.05, 0) is 37.8 Å². The van der Waals surface area contributed by atoms with Crippen LogP contribution in [0.3, 0.4) is 0 Å². The number of hydrogen-bond acceptors (Lipinski definition) is 5. The van der Waals surface area contributed by atoms with E-state index in [2.05, 4.69) is 31.2 Å². The van der Waals surface area contributed by atoms with E-state index in [1.165, 1.54) is 0 Å². The van der Waals surface area contributed by atoms with Crippen LogP contribution < -0.4 is 15.8 Å². The Hall–Kier alpha value is -2.38. The fourth-order valence-electron chi connectivity index (χ4n) is 4.84. The van der Waals surface area contributed by atoms with Crippen molar-refractivity contribution in [3.63, 3.8) is 0 Å². The second kappa shape index (κ2) is 9.40. The molecule has 8 heteroatoms. The molecule has 2 aliphatic rings. The lowest BCUT2D eigenvalue weighted by Crippen LogP contribution is -2.50. The maximum Gasteiger partial charge on any atom is 0.269 e. The quantitative estimate of drug-likeness (QED) is 0.742. The number of aromatic amines is 1. The molecule has 0 spiro atoms. The molecule has 2 atom stereocenters. The zero-order valence-corrected chi connectivity index (χ0v) is 18.9. The number of aromatic nitrogens is 2. The normalized spacial score (nSPS) is 22.0. The molecular formula is C23H30ClN5O2. The van der Waals surface area contributed by atoms with E-state index in [-0.39, 0.29) is 11.5 Å². The molecule has 31 heavy (non-hydrogen) atoms. The maximum atomic E-state index is 12.2. The molecule has 1 saturated heterocycles. The fourth-order valence-corrected chi connectivity index (χ4v) is 5.12. The van der Waals surface area contributed by atoms with Gasteiger partial charge in [0.2, 0.25) is 0 Å². The van der Waals surface area contributed by atoms with E-state index in [0.717, 1.165) is 68.8 Å². The Morgan fingerprint density at radius 2 is 2.03 bits per heavy atom. The van der Waals surface area contributed by atoms with Crippen molar-refractivity contribution in [1.29, 1.82) is 0 Å². The summed E-state index contributed by atoms with van der Waals surface area (Å²) in [5.41, 5.74) is 3.21. The predicted molar refractivity (Wildman–Crippen MR) is 123 cm³/mol. The number of rotatable bonds is 5. The van der Waals surface area contributed by atoms with Gasteiger partial charge >= 0.3 is 0 Å². The number of amides is 1. The standard InChI is InChI=1S/C23H30ClN5O2/c1-3-15-5-7-19(27-22(15)30)16-4-6-17(12-16)28-8-10-29(11-9-28)21-14-26-20(13-18(21)24)23(31)25-2/h5,7,13-14,16-17H,3-4,6,8-12H2,1-2H3,(H,25,31)(H,27,30)/t16-,17+/m1/s1. The topological polar surface area (TPSA) is 81.3 Å². The zero-order valence-electron chi connectivity index (χ0n) is 18.2. The lowest BCUT2D eigenvalue weighted by Gasteiger charge is -2.39. The third-order valence-corrected chi connectivity index (χ3v) is 7.01. The Labute approximate surface area is 187 Å². The highest BCUT2D eigenvalue weighted by molar-refractivity contribution is 6.33. The third-order valence-electron chi connectivity index (χ3n) is 6.70. The van der Waals surface area contributed by atoms with Crippen molar-refractivity contribution in [2.24, 2.45) is 0 Å². The molecule has 4 rings (SSSR count). The van der Waals surface area contributed by atoms with Crippen molar-refractivity contribution in [2.75, 3.05) is 38.1 Å². The van der Waals surface area contributed by atoms with Crippen molar-refractivity contribution in [2.45, 2.75) is 44.6 Å². The average molecular weight is 444 g/mol. The van der Waals surface area contributed by atoms with Crippen LogP contribution in [0.25, 0.3) is 0 Å². The molecule has 1 amide bonds. The van der Waals surface area contributed by atoms with Crippen LogP contribution in [-0.4, -0.2) is 60.0 Å². The first kappa shape index (κ1) is 21.8. The number of anilines is 1. The lowest BCUT2D eigenvalue weighted by molar-refractivity contribution is 0.0958. The van der Waals surface area contributed by atoms with Crippen LogP contribution >= 0.6 is 11.6 Å². The smallest absolute Gasteiger partial charge is 0.269 e. The van der Waals surface area contributed by atoms with Gasteiger partial charge in [-0.3, -0.25) is 14.5 Å². The summed E-state index contributed by atoms with van der Waals surface area (Å²) >= 11 is 6.44. The van der Waals surface area contributed by atoms with E-state index in [4.69, 9.17) is 11.6 Å². The number of nitrogens with zero attached hydrogens (tertiary/aromatic N) is 3. The first-order chi connectivity index (χ1) is 15.0. The summed E-state index contributed by atoms with van der Waals surface area (Å²) in [7, 11) is 1.58. The van der Waals surface area contributed by atoms with Crippen molar-refractivity contribution in [3.05, 3.63) is 56.7 Å². The number of pyridine rings is 2. The molecule has 2 N–H and O–H groups in total. The Bertz CT molecular complexity index is 1000. The van der Waals surface area contributed by atoms with Crippen molar-refractivity contribution in [1.82, 2.24) is 20.2 Å². The minimum absolute atomic E-state index is 0.0602. The summed E-state index contributed by atoms with van der Waals surface area (Å²) in [6, 6.07) is 6.26. The lowest BCUT2D eigenvalue weighted by atomic mass is 10.0. The molecule has 0 aromatic carbocycles. The third kappa shape index (κ3) is 4.62. The van der Waals surface area contributed by atoms with Crippen molar-refractivity contribution < 1.29 is 4.79 Å². The second-order valence-electron chi connectivity index (χ2n) is 8.41. The Balaban J connectivity index is 1.35. The molecule has 0 unspecified atom stereocenters. The SMILES string of the molecule is CCc1ccc([C@@H]2CC[C@H](N3CCN(c4cnc(C(=O)NC)cc4Cl)CC3)C2)[nH]c1=O. The van der Waals surface area contributed by atoms with Gasteiger partial charge in [0.05, 0.1) is 16.9 Å². The van der Waals surface area contributed by atoms with Crippen LogP contribution in [0, 0.1) is 0 Å². The largest absolute Gasteiger partial charge is 0.367 e. The van der Waals surface area contributed by atoms with Crippen molar-refractivity contribution >= 4 is 23.2 Å². The van der Waals surface area contributed by atoms with E-state index < -0.39 is 0 Å². The van der Waals surface area contributed by atoms with Gasteiger partial charge in [0.1, 0.15) is 5.69 Å². The van der Waals surface area contributed by atoms with E-state index in [1.54, 1.807) is 19.3 Å². The van der Waals surface area contributed by atoms with Crippen LogP contribution in [0.1, 0.15) is 53.8 Å². The van der Waals surface area contributed by atoms with Crippen LogP contribution in [-0.2, 0) is 6.42 Å². The highest BCUT2D eigenvalue weighted by atomic mass is 35.5. The minimum atomic E-state index is -0.236. The molecule has 3 heterocycles. The van der Waals surface area contributed by atoms with Gasteiger partial charge < -0.3 is 15.2 Å². The second-order valence-corrected chi connectivity index (χ2v) is 8.82. The van der Waals surface area contributed by atoms with Gasteiger partial charge in [-0.25, -0.2) is 4.98 Å². The predicted octanol–water partition coefficient (Wildman–Crippen LogP) is 2.80. The summed E-state index contributed by atoms with van der Waals surface area (Å²) in [5.74, 6) is 0.192. The number of aryl methyl sites for hydroxylation is 1. The molecule has 2 aromatic heterocycles. The number of halogens is 1. The highest BCUT2D eigenvalue weighted by Gasteiger charge is 2.32. The summed E-state index contributed by atoms with van der Waals surface area (Å²) in [6.07, 6.45) is 5.82. The van der Waals surface area contributed by atoms with Gasteiger partial charge in [0.25, 0.3) is 11.5 Å². The summed E-state index contributed by atoms with van der Waals surface area (Å²) in [4.78, 5) is 36.1. The minimum Gasteiger partial charge on any atom is -0.367 e. The molecule has 7 nitrogen and oxygen atoms in total. The maximum absolute atomic E-state index is 12.2. The Kier molecular flexibility index (Phi) is 6.62. The zero-order chi connectivity index (χ0) is 22.0. The van der Waals surface area contributed by atoms with Gasteiger partial charge in [0, 0.05) is 56.4 Å². The van der Waals surface area contributed by atoms with E-state index in [9.17, 15) is 9.59 Å². The number of piperazine rings is 1. The molecule has 0 bridgehead atoms. The molecule has 166 valence electrons. The van der Waals surface area contributed by atoms with Crippen molar-refractivity contribution in [3.8, 4) is 0 Å². The monoisotopic (exact) mass is 443 g/mol. The number of hydrogen-bond donors (Lipinski definition) is 2. The highest BCUT2D eigenvalue weighted by Crippen LogP contribution is 2.36. The van der Waals surface area contributed by atoms with Gasteiger partial charge in [-0.15, -0.1) is 0 Å². The van der Waals surface area contributed by atoms with Crippen LogP contribution in [0.4, 0.5) is 5.69 Å². The molecule has 1 saturated carbocycles. The Morgan fingerprint density at radius 3 is 2.68 bits per heavy atom. The number of H-pyrrole nitrogens is 1. The van der Waals surface area contributed by atoms with Gasteiger partial charge in [0.15, 0.2) is 0 Å². The van der Waals surface area contributed by atoms with Crippen LogP contribution in [0.15, 0.2) is 29.2 Å². The first-order valence-electron chi connectivity index (χ1n) is 11.1. The number of carbonyl (C=O) groups excluding carboxylic acids is 1. The first-order valence-corrected chi connectivity index (χ1v) is 11.5. The van der Waals surface area contributed by atoms with Gasteiger partial charge in [-0.1, -0.05) is 24.6 Å². The van der Waals surface area contributed by atoms with E-state index in [1.807, 2.05) is 13.0 Å². The summed E-state index contributed by atoms with van der Waals surface area (Å²) in [5, 5.41) is 3.13. The fraction of sp³-hybridized carbons (Fsp3) is 0.522. The van der Waals surface area contributed by atoms with Gasteiger partial charge in [-0.2, -0.15) is 0 Å². The molecule has 2 fully saturated rings. The number of carbonyl (C=O) groups is 1. The van der Waals surface area contributed by atoms with E-state index in [0.29, 0.717) is 22.7 Å². The molecular weight excluding hydrogens is 414 g/mol. The Morgan fingerprint density at radius 1 is 1.26 bits per heavy atom. The summed E-state index contributed by atoms with van der Waals surface area (Å²) < 4.78 is 0. The average Bonchev–Trinajstić information content (AvgIpc) is 3.29. The molecule has 1 aliphatic heterocycles. The molecule has 2 aromatic rings. The molecule has 0 radical (unpaired) electrons.